The molecule has 0 aliphatic heterocycles. The van der Waals surface area contributed by atoms with Gasteiger partial charge < -0.3 is 10.3 Å². The topological polar surface area (TPSA) is 43.8 Å². The van der Waals surface area contributed by atoms with E-state index in [9.17, 15) is 0 Å². The van der Waals surface area contributed by atoms with E-state index in [4.69, 9.17) is 5.73 Å². The lowest BCUT2D eigenvalue weighted by Gasteiger charge is -2.06. The summed E-state index contributed by atoms with van der Waals surface area (Å²) in [5, 5.41) is 0. The average molecular weight is 187 g/mol. The zero-order chi connectivity index (χ0) is 9.97. The summed E-state index contributed by atoms with van der Waals surface area (Å²) in [5.41, 5.74) is 8.76. The van der Waals surface area contributed by atoms with Crippen LogP contribution < -0.4 is 5.73 Å². The predicted octanol–water partition coefficient (Wildman–Crippen LogP) is 2.02. The van der Waals surface area contributed by atoms with Crippen molar-refractivity contribution in [1.29, 1.82) is 0 Å². The van der Waals surface area contributed by atoms with Crippen molar-refractivity contribution in [2.45, 2.75) is 13.3 Å². The Kier molecular flexibility index (Phi) is 2.23. The molecule has 3 nitrogen and oxygen atoms in total. The number of hydrogen-bond acceptors (Lipinski definition) is 2. The third-order valence-corrected chi connectivity index (χ3v) is 2.23. The summed E-state index contributed by atoms with van der Waals surface area (Å²) in [7, 11) is 0. The summed E-state index contributed by atoms with van der Waals surface area (Å²) in [6.45, 7) is 2.11. The van der Waals surface area contributed by atoms with Gasteiger partial charge in [-0.15, -0.1) is 0 Å². The number of nitrogen functional groups attached to an aromatic ring is 1. The lowest BCUT2D eigenvalue weighted by molar-refractivity contribution is 0.934. The second-order valence-electron chi connectivity index (χ2n) is 3.20. The van der Waals surface area contributed by atoms with Crippen LogP contribution in [0, 0.1) is 0 Å². The Morgan fingerprint density at radius 3 is 3.00 bits per heavy atom. The minimum atomic E-state index is 0.776. The van der Waals surface area contributed by atoms with E-state index in [1.165, 1.54) is 5.69 Å². The number of nitrogens with zero attached hydrogens (tertiary/aromatic N) is 2. The van der Waals surface area contributed by atoms with Crippen LogP contribution in [-0.4, -0.2) is 9.55 Å². The molecule has 72 valence electrons. The fraction of sp³-hybridized carbons (Fsp3) is 0.182. The van der Waals surface area contributed by atoms with Crippen molar-refractivity contribution in [2.24, 2.45) is 0 Å². The van der Waals surface area contributed by atoms with Crippen LogP contribution in [0.15, 0.2) is 36.8 Å². The van der Waals surface area contributed by atoms with Gasteiger partial charge in [0, 0.05) is 23.3 Å². The maximum atomic E-state index is 5.72. The summed E-state index contributed by atoms with van der Waals surface area (Å²) >= 11 is 0. The molecular weight excluding hydrogens is 174 g/mol. The molecule has 0 aliphatic carbocycles. The minimum absolute atomic E-state index is 0.776. The van der Waals surface area contributed by atoms with Crippen molar-refractivity contribution >= 4 is 5.69 Å². The van der Waals surface area contributed by atoms with Crippen LogP contribution in [0.5, 0.6) is 0 Å². The Morgan fingerprint density at radius 2 is 2.29 bits per heavy atom. The Bertz CT molecular complexity index is 432. The van der Waals surface area contributed by atoms with Gasteiger partial charge in [0.05, 0.1) is 6.33 Å². The van der Waals surface area contributed by atoms with Crippen LogP contribution in [0.1, 0.15) is 12.6 Å². The van der Waals surface area contributed by atoms with Crippen LogP contribution in [0.3, 0.4) is 0 Å². The number of benzene rings is 1. The molecule has 0 atom stereocenters. The Balaban J connectivity index is 2.49. The molecule has 0 radical (unpaired) electrons. The van der Waals surface area contributed by atoms with Crippen molar-refractivity contribution in [3.05, 3.63) is 42.5 Å². The Hall–Kier alpha value is -1.77. The molecule has 0 fully saturated rings. The van der Waals surface area contributed by atoms with Gasteiger partial charge in [0.2, 0.25) is 0 Å². The zero-order valence-corrected chi connectivity index (χ0v) is 8.14. The van der Waals surface area contributed by atoms with Crippen molar-refractivity contribution in [3.8, 4) is 5.69 Å². The first-order valence-corrected chi connectivity index (χ1v) is 4.68. The van der Waals surface area contributed by atoms with Gasteiger partial charge in [0.25, 0.3) is 0 Å². The minimum Gasteiger partial charge on any atom is -0.399 e. The van der Waals surface area contributed by atoms with Crippen LogP contribution in [0.25, 0.3) is 5.69 Å². The first-order valence-electron chi connectivity index (χ1n) is 4.68. The molecule has 0 unspecified atom stereocenters. The third kappa shape index (κ3) is 1.48. The van der Waals surface area contributed by atoms with Crippen LogP contribution in [0.4, 0.5) is 5.69 Å². The van der Waals surface area contributed by atoms with E-state index in [0.717, 1.165) is 17.8 Å². The summed E-state index contributed by atoms with van der Waals surface area (Å²) in [4.78, 5) is 4.12. The van der Waals surface area contributed by atoms with Crippen molar-refractivity contribution in [1.82, 2.24) is 9.55 Å². The van der Waals surface area contributed by atoms with E-state index in [0.29, 0.717) is 0 Å². The molecule has 2 aromatic rings. The van der Waals surface area contributed by atoms with Gasteiger partial charge >= 0.3 is 0 Å². The summed E-state index contributed by atoms with van der Waals surface area (Å²) < 4.78 is 2.05. The largest absolute Gasteiger partial charge is 0.399 e. The molecule has 2 rings (SSSR count). The number of aryl methyl sites for hydroxylation is 1. The first kappa shape index (κ1) is 8.81. The van der Waals surface area contributed by atoms with E-state index in [2.05, 4.69) is 16.5 Å². The van der Waals surface area contributed by atoms with Gasteiger partial charge in [0.15, 0.2) is 0 Å². The number of rotatable bonds is 2. The molecule has 3 heteroatoms. The number of hydrogen-bond donors (Lipinski definition) is 1. The smallest absolute Gasteiger partial charge is 0.0994 e. The molecule has 1 aromatic heterocycles. The monoisotopic (exact) mass is 187 g/mol. The van der Waals surface area contributed by atoms with E-state index in [-0.39, 0.29) is 0 Å². The molecular formula is C11H13N3. The maximum Gasteiger partial charge on any atom is 0.0994 e. The Labute approximate surface area is 83.2 Å². The molecule has 0 amide bonds. The number of aromatic nitrogens is 2. The standard InChI is InChI=1S/C11H13N3/c1-2-10-7-13-8-14(10)11-5-3-4-9(12)6-11/h3-8H,2,12H2,1H3. The van der Waals surface area contributed by atoms with Crippen LogP contribution >= 0.6 is 0 Å². The molecule has 1 heterocycles. The SMILES string of the molecule is CCc1cncn1-c1cccc(N)c1. The number of anilines is 1. The average Bonchev–Trinajstić information content (AvgIpc) is 2.65. The summed E-state index contributed by atoms with van der Waals surface area (Å²) in [6.07, 6.45) is 4.66. The summed E-state index contributed by atoms with van der Waals surface area (Å²) in [6, 6.07) is 7.80. The van der Waals surface area contributed by atoms with Gasteiger partial charge in [0.1, 0.15) is 0 Å². The van der Waals surface area contributed by atoms with E-state index in [1.807, 2.05) is 36.8 Å². The fourth-order valence-corrected chi connectivity index (χ4v) is 1.49. The van der Waals surface area contributed by atoms with E-state index >= 15 is 0 Å². The molecule has 0 saturated heterocycles. The van der Waals surface area contributed by atoms with Gasteiger partial charge in [-0.2, -0.15) is 0 Å². The lowest BCUT2D eigenvalue weighted by atomic mass is 10.2. The van der Waals surface area contributed by atoms with Crippen molar-refractivity contribution in [2.75, 3.05) is 5.73 Å². The quantitative estimate of drug-likeness (QED) is 0.731. The third-order valence-electron chi connectivity index (χ3n) is 2.23. The highest BCUT2D eigenvalue weighted by Gasteiger charge is 2.01. The molecule has 2 N–H and O–H groups in total. The Morgan fingerprint density at radius 1 is 1.43 bits per heavy atom. The second-order valence-corrected chi connectivity index (χ2v) is 3.20. The highest BCUT2D eigenvalue weighted by atomic mass is 15.0. The molecule has 0 saturated carbocycles. The van der Waals surface area contributed by atoms with Gasteiger partial charge in [-0.05, 0) is 24.6 Å². The highest BCUT2D eigenvalue weighted by molar-refractivity contribution is 5.48. The predicted molar refractivity (Wildman–Crippen MR) is 57.4 cm³/mol. The molecule has 1 aromatic carbocycles. The molecule has 0 spiro atoms. The summed E-state index contributed by atoms with van der Waals surface area (Å²) in [5.74, 6) is 0. The van der Waals surface area contributed by atoms with Crippen LogP contribution in [0.2, 0.25) is 0 Å². The van der Waals surface area contributed by atoms with Gasteiger partial charge in [-0.3, -0.25) is 0 Å². The van der Waals surface area contributed by atoms with Crippen LogP contribution in [-0.2, 0) is 6.42 Å². The maximum absolute atomic E-state index is 5.72. The lowest BCUT2D eigenvalue weighted by Crippen LogP contribution is -1.98. The molecule has 0 aliphatic rings. The van der Waals surface area contributed by atoms with Gasteiger partial charge in [-0.25, -0.2) is 4.98 Å². The molecule has 14 heavy (non-hydrogen) atoms. The first-order chi connectivity index (χ1) is 6.81. The number of nitrogens with two attached hydrogens (primary N) is 1. The highest BCUT2D eigenvalue weighted by Crippen LogP contribution is 2.14. The van der Waals surface area contributed by atoms with E-state index in [1.54, 1.807) is 0 Å². The zero-order valence-electron chi connectivity index (χ0n) is 8.14. The van der Waals surface area contributed by atoms with E-state index < -0.39 is 0 Å². The number of imidazole rings is 1. The fourth-order valence-electron chi connectivity index (χ4n) is 1.49. The van der Waals surface area contributed by atoms with Crippen molar-refractivity contribution < 1.29 is 0 Å². The van der Waals surface area contributed by atoms with Gasteiger partial charge in [-0.1, -0.05) is 13.0 Å². The molecule has 0 bridgehead atoms. The van der Waals surface area contributed by atoms with Crippen molar-refractivity contribution in [3.63, 3.8) is 0 Å². The second kappa shape index (κ2) is 3.54. The normalized spacial score (nSPS) is 10.4.